The molecule has 0 radical (unpaired) electrons. The molecule has 0 aliphatic rings. The molecule has 2 unspecified atom stereocenters. The molecule has 0 spiro atoms. The van der Waals surface area contributed by atoms with Crippen LogP contribution in [0, 0.1) is 21.7 Å². The number of ether oxygens (including phenoxy) is 2. The minimum absolute atomic E-state index is 0.218. The van der Waals surface area contributed by atoms with E-state index in [9.17, 15) is 28.0 Å². The molecule has 0 fully saturated rings. The van der Waals surface area contributed by atoms with Crippen LogP contribution in [0.1, 0.15) is 94.7 Å². The van der Waals surface area contributed by atoms with Crippen LogP contribution in [0.25, 0.3) is 33.6 Å². The maximum atomic E-state index is 12.9. The Morgan fingerprint density at radius 2 is 0.797 bits per heavy atom. The Balaban J connectivity index is 0.000000372. The zero-order valence-electron chi connectivity index (χ0n) is 40.8. The van der Waals surface area contributed by atoms with Crippen LogP contribution >= 0.6 is 0 Å². The monoisotopic (exact) mass is 895 g/mol. The number of carbonyl (C=O) groups is 4. The highest BCUT2D eigenvalue weighted by atomic mass is 19.1. The van der Waals surface area contributed by atoms with Gasteiger partial charge in [-0.2, -0.15) is 0 Å². The number of primary amides is 2. The number of H-pyrrole nitrogens is 2. The van der Waals surface area contributed by atoms with Gasteiger partial charge in [-0.3, -0.25) is 18.4 Å². The van der Waals surface area contributed by atoms with Crippen molar-refractivity contribution >= 4 is 24.0 Å². The standard InChI is InChI=1S/C28H34N4.2C10H19FN2O3/c1-27(2,3)15-25-29-17-23(31-25)21-11-7-19(8-12-21)20-9-13-22(14-10-20)24-18-30-26(32-24)16-28(4,5)6;2*1-9(2,6-11)10(3,7(12)14)16-8(15)13(4)5/h7-14,17-18H,15-16H2,1-6H3,(H,29,31)(H,30,32);2*6H2,1-5H3,(H2,12,14). The maximum Gasteiger partial charge on any atom is 0.410 e. The number of carbonyl (C=O) groups excluding carboxylic acids is 4. The zero-order valence-corrected chi connectivity index (χ0v) is 40.8. The van der Waals surface area contributed by atoms with Gasteiger partial charge in [0.05, 0.1) is 37.1 Å². The van der Waals surface area contributed by atoms with Gasteiger partial charge in [0, 0.05) is 51.9 Å². The number of imidazole rings is 2. The molecule has 0 aliphatic carbocycles. The summed E-state index contributed by atoms with van der Waals surface area (Å²) >= 11 is 0. The summed E-state index contributed by atoms with van der Waals surface area (Å²) in [4.78, 5) is 63.8. The topological polar surface area (TPSA) is 203 Å². The largest absolute Gasteiger partial charge is 0.432 e. The van der Waals surface area contributed by atoms with Gasteiger partial charge in [0.15, 0.2) is 11.2 Å². The van der Waals surface area contributed by atoms with Gasteiger partial charge < -0.3 is 40.7 Å². The minimum Gasteiger partial charge on any atom is -0.432 e. The first-order valence-corrected chi connectivity index (χ1v) is 21.0. The summed E-state index contributed by atoms with van der Waals surface area (Å²) in [5.41, 5.74) is 11.9. The molecule has 354 valence electrons. The Kier molecular flexibility index (Phi) is 18.0. The molecule has 4 aromatic rings. The van der Waals surface area contributed by atoms with Crippen LogP contribution in [0.5, 0.6) is 0 Å². The smallest absolute Gasteiger partial charge is 0.410 e. The van der Waals surface area contributed by atoms with Gasteiger partial charge in [-0.15, -0.1) is 0 Å². The van der Waals surface area contributed by atoms with E-state index in [0.29, 0.717) is 0 Å². The molecule has 64 heavy (non-hydrogen) atoms. The van der Waals surface area contributed by atoms with Crippen molar-refractivity contribution in [3.05, 3.63) is 72.6 Å². The van der Waals surface area contributed by atoms with E-state index in [4.69, 9.17) is 20.9 Å². The third-order valence-corrected chi connectivity index (χ3v) is 10.9. The van der Waals surface area contributed by atoms with Crippen LogP contribution < -0.4 is 11.5 Å². The normalized spacial score (nSPS) is 13.7. The Morgan fingerprint density at radius 3 is 1.02 bits per heavy atom. The number of nitrogens with two attached hydrogens (primary N) is 2. The molecule has 0 saturated carbocycles. The van der Waals surface area contributed by atoms with Crippen LogP contribution in [0.15, 0.2) is 60.9 Å². The molecular formula is C48H72F2N8O6. The lowest BCUT2D eigenvalue weighted by Gasteiger charge is -2.39. The third-order valence-electron chi connectivity index (χ3n) is 10.9. The lowest BCUT2D eigenvalue weighted by Crippen LogP contribution is -2.57. The number of aromatic amines is 2. The first kappa shape index (κ1) is 54.3. The van der Waals surface area contributed by atoms with Crippen LogP contribution in [-0.2, 0) is 31.9 Å². The number of rotatable bonds is 13. The number of halogens is 2. The number of benzene rings is 2. The Labute approximate surface area is 378 Å². The first-order valence-electron chi connectivity index (χ1n) is 21.0. The molecule has 2 aromatic heterocycles. The van der Waals surface area contributed by atoms with E-state index in [1.165, 1.54) is 80.9 Å². The number of nitrogens with zero attached hydrogens (tertiary/aromatic N) is 4. The summed E-state index contributed by atoms with van der Waals surface area (Å²) < 4.78 is 35.7. The third kappa shape index (κ3) is 14.6. The van der Waals surface area contributed by atoms with Crippen molar-refractivity contribution in [3.63, 3.8) is 0 Å². The second kappa shape index (κ2) is 21.3. The molecule has 2 atom stereocenters. The van der Waals surface area contributed by atoms with Gasteiger partial charge in [-0.1, -0.05) is 118 Å². The quantitative estimate of drug-likeness (QED) is 0.102. The average Bonchev–Trinajstić information content (AvgIpc) is 3.86. The molecule has 4 amide bonds. The van der Waals surface area contributed by atoms with Gasteiger partial charge in [-0.25, -0.2) is 19.6 Å². The van der Waals surface area contributed by atoms with Crippen molar-refractivity contribution in [2.75, 3.05) is 41.5 Å². The lowest BCUT2D eigenvalue weighted by molar-refractivity contribution is -0.150. The molecule has 0 saturated heterocycles. The first-order chi connectivity index (χ1) is 29.2. The Morgan fingerprint density at radius 1 is 0.531 bits per heavy atom. The summed E-state index contributed by atoms with van der Waals surface area (Å²) in [7, 11) is 5.86. The fourth-order valence-corrected chi connectivity index (χ4v) is 5.72. The Hall–Kier alpha value is -5.80. The minimum atomic E-state index is -1.68. The molecule has 0 bridgehead atoms. The van der Waals surface area contributed by atoms with E-state index in [0.717, 1.165) is 56.8 Å². The lowest BCUT2D eigenvalue weighted by atomic mass is 9.76. The van der Waals surface area contributed by atoms with Crippen molar-refractivity contribution in [2.24, 2.45) is 33.1 Å². The van der Waals surface area contributed by atoms with Gasteiger partial charge in [-0.05, 0) is 46.9 Å². The van der Waals surface area contributed by atoms with Crippen molar-refractivity contribution < 1.29 is 37.4 Å². The summed E-state index contributed by atoms with van der Waals surface area (Å²) in [5.74, 6) is 0.337. The average molecular weight is 895 g/mol. The predicted molar refractivity (Wildman–Crippen MR) is 248 cm³/mol. The zero-order chi connectivity index (χ0) is 49.2. The van der Waals surface area contributed by atoms with Gasteiger partial charge in [0.25, 0.3) is 11.8 Å². The highest BCUT2D eigenvalue weighted by molar-refractivity contribution is 5.87. The van der Waals surface area contributed by atoms with E-state index >= 15 is 0 Å². The van der Waals surface area contributed by atoms with Crippen LogP contribution in [0.3, 0.4) is 0 Å². The summed E-state index contributed by atoms with van der Waals surface area (Å²) in [6.07, 6.45) is 4.27. The van der Waals surface area contributed by atoms with Crippen LogP contribution in [0.2, 0.25) is 0 Å². The van der Waals surface area contributed by atoms with Gasteiger partial charge in [0.2, 0.25) is 0 Å². The molecular weight excluding hydrogens is 823 g/mol. The maximum absolute atomic E-state index is 12.9. The van der Waals surface area contributed by atoms with Crippen molar-refractivity contribution in [1.29, 1.82) is 0 Å². The van der Waals surface area contributed by atoms with Gasteiger partial charge >= 0.3 is 12.2 Å². The van der Waals surface area contributed by atoms with E-state index in [-0.39, 0.29) is 10.8 Å². The number of alkyl halides is 2. The van der Waals surface area contributed by atoms with E-state index in [2.05, 4.69) is 110 Å². The molecule has 2 heterocycles. The summed E-state index contributed by atoms with van der Waals surface area (Å²) in [6, 6.07) is 17.3. The fraction of sp³-hybridized carbons (Fsp3) is 0.542. The molecule has 0 aliphatic heterocycles. The van der Waals surface area contributed by atoms with Crippen molar-refractivity contribution in [1.82, 2.24) is 29.7 Å². The van der Waals surface area contributed by atoms with E-state index < -0.39 is 59.4 Å². The van der Waals surface area contributed by atoms with E-state index in [1.54, 1.807) is 0 Å². The van der Waals surface area contributed by atoms with Crippen molar-refractivity contribution in [3.8, 4) is 33.6 Å². The van der Waals surface area contributed by atoms with Crippen LogP contribution in [-0.4, -0.2) is 106 Å². The van der Waals surface area contributed by atoms with Crippen molar-refractivity contribution in [2.45, 2.75) is 107 Å². The number of hydrogen-bond donors (Lipinski definition) is 4. The molecule has 14 nitrogen and oxygen atoms in total. The highest BCUT2D eigenvalue weighted by Gasteiger charge is 2.51. The number of amides is 4. The molecule has 2 aromatic carbocycles. The molecule has 6 N–H and O–H groups in total. The predicted octanol–water partition coefficient (Wildman–Crippen LogP) is 9.16. The van der Waals surface area contributed by atoms with Gasteiger partial charge in [0.1, 0.15) is 11.6 Å². The SMILES string of the molecule is CC(C)(C)Cc1ncc(-c2ccc(-c3ccc(-c4cnc(CC(C)(C)C)[nH]4)cc3)cc2)[nH]1.CN(C)C(=O)OC(C)(C(N)=O)C(C)(C)CF.CN(C)C(=O)OC(C)(C(N)=O)C(C)(C)CF. The molecule has 16 heteroatoms. The highest BCUT2D eigenvalue weighted by Crippen LogP contribution is 2.36. The summed E-state index contributed by atoms with van der Waals surface area (Å²) in [5, 5.41) is 0. The number of aromatic nitrogens is 4. The second-order valence-electron chi connectivity index (χ2n) is 20.5. The van der Waals surface area contributed by atoms with E-state index in [1.807, 2.05) is 12.4 Å². The summed E-state index contributed by atoms with van der Waals surface area (Å²) in [6.45, 7) is 20.2. The second-order valence-corrected chi connectivity index (χ2v) is 20.5. The van der Waals surface area contributed by atoms with Crippen LogP contribution in [0.4, 0.5) is 18.4 Å². The molecule has 4 rings (SSSR count). The fourth-order valence-electron chi connectivity index (χ4n) is 5.72. The number of hydrogen-bond acceptors (Lipinski definition) is 8. The Bertz CT molecular complexity index is 2010. The number of nitrogens with one attached hydrogen (secondary N) is 2.